The first kappa shape index (κ1) is 14.4. The summed E-state index contributed by atoms with van der Waals surface area (Å²) in [4.78, 5) is 0. The zero-order valence-corrected chi connectivity index (χ0v) is 12.4. The van der Waals surface area contributed by atoms with E-state index >= 15 is 0 Å². The van der Waals surface area contributed by atoms with Gasteiger partial charge in [0.2, 0.25) is 10.0 Å². The monoisotopic (exact) mass is 290 g/mol. The van der Waals surface area contributed by atoms with Gasteiger partial charge in [0.15, 0.2) is 0 Å². The minimum absolute atomic E-state index is 0.296. The van der Waals surface area contributed by atoms with Crippen LogP contribution in [-0.4, -0.2) is 14.7 Å². The van der Waals surface area contributed by atoms with E-state index in [2.05, 4.69) is 0 Å². The van der Waals surface area contributed by atoms with E-state index in [0.29, 0.717) is 17.9 Å². The van der Waals surface area contributed by atoms with Gasteiger partial charge >= 0.3 is 0 Å². The van der Waals surface area contributed by atoms with Gasteiger partial charge in [-0.1, -0.05) is 35.9 Å². The maximum atomic E-state index is 12.0. The Morgan fingerprint density at radius 2 is 1.80 bits per heavy atom. The van der Waals surface area contributed by atoms with Crippen LogP contribution in [0.5, 0.6) is 0 Å². The lowest BCUT2D eigenvalue weighted by Crippen LogP contribution is -2.29. The van der Waals surface area contributed by atoms with Crippen LogP contribution in [0.1, 0.15) is 11.1 Å². The van der Waals surface area contributed by atoms with Crippen molar-refractivity contribution in [3.8, 4) is 0 Å². The molecule has 0 atom stereocenters. The lowest BCUT2D eigenvalue weighted by atomic mass is 10.1. The normalized spacial score (nSPS) is 11.3. The van der Waals surface area contributed by atoms with Crippen molar-refractivity contribution in [2.45, 2.75) is 13.5 Å². The molecule has 2 aromatic carbocycles. The highest BCUT2D eigenvalue weighted by Crippen LogP contribution is 2.22. The standard InChI is InChI=1S/C15H18N2O2S/c1-12-5-3-6-13(9-12)11-17(20(2,18)19)15-8-4-7-14(16)10-15/h3-10H,11,16H2,1-2H3. The fourth-order valence-electron chi connectivity index (χ4n) is 2.06. The molecule has 0 heterocycles. The fourth-order valence-corrected chi connectivity index (χ4v) is 2.94. The third-order valence-electron chi connectivity index (χ3n) is 2.97. The van der Waals surface area contributed by atoms with Crippen molar-refractivity contribution in [2.24, 2.45) is 0 Å². The highest BCUT2D eigenvalue weighted by atomic mass is 32.2. The van der Waals surface area contributed by atoms with Gasteiger partial charge in [-0.3, -0.25) is 4.31 Å². The van der Waals surface area contributed by atoms with Gasteiger partial charge in [0.25, 0.3) is 0 Å². The number of benzene rings is 2. The Bertz CT molecular complexity index is 711. The fraction of sp³-hybridized carbons (Fsp3) is 0.200. The van der Waals surface area contributed by atoms with E-state index in [1.54, 1.807) is 24.3 Å². The molecular formula is C15H18N2O2S. The SMILES string of the molecule is Cc1cccc(CN(c2cccc(N)c2)S(C)(=O)=O)c1. The zero-order valence-electron chi connectivity index (χ0n) is 11.6. The van der Waals surface area contributed by atoms with E-state index in [1.165, 1.54) is 10.6 Å². The number of rotatable bonds is 4. The van der Waals surface area contributed by atoms with E-state index in [-0.39, 0.29) is 0 Å². The van der Waals surface area contributed by atoms with Crippen molar-refractivity contribution in [2.75, 3.05) is 16.3 Å². The van der Waals surface area contributed by atoms with Gasteiger partial charge < -0.3 is 5.73 Å². The molecule has 2 aromatic rings. The minimum Gasteiger partial charge on any atom is -0.399 e. The van der Waals surface area contributed by atoms with Crippen molar-refractivity contribution in [1.29, 1.82) is 0 Å². The first-order valence-corrected chi connectivity index (χ1v) is 8.10. The predicted octanol–water partition coefficient (Wildman–Crippen LogP) is 2.54. The summed E-state index contributed by atoms with van der Waals surface area (Å²) in [5.74, 6) is 0. The number of nitrogen functional groups attached to an aromatic ring is 1. The van der Waals surface area contributed by atoms with Crippen molar-refractivity contribution in [3.05, 3.63) is 59.7 Å². The van der Waals surface area contributed by atoms with E-state index in [9.17, 15) is 8.42 Å². The molecule has 0 aliphatic heterocycles. The van der Waals surface area contributed by atoms with Crippen molar-refractivity contribution in [1.82, 2.24) is 0 Å². The van der Waals surface area contributed by atoms with Crippen LogP contribution in [0.2, 0.25) is 0 Å². The van der Waals surface area contributed by atoms with Gasteiger partial charge in [0, 0.05) is 5.69 Å². The van der Waals surface area contributed by atoms with E-state index < -0.39 is 10.0 Å². The van der Waals surface area contributed by atoms with Gasteiger partial charge in [-0.05, 0) is 30.7 Å². The number of nitrogens with two attached hydrogens (primary N) is 1. The Hall–Kier alpha value is -2.01. The van der Waals surface area contributed by atoms with Crippen molar-refractivity contribution >= 4 is 21.4 Å². The molecule has 2 N–H and O–H groups in total. The average molecular weight is 290 g/mol. The highest BCUT2D eigenvalue weighted by Gasteiger charge is 2.18. The van der Waals surface area contributed by atoms with E-state index in [1.807, 2.05) is 31.2 Å². The zero-order chi connectivity index (χ0) is 14.8. The minimum atomic E-state index is -3.37. The molecule has 20 heavy (non-hydrogen) atoms. The smallest absolute Gasteiger partial charge is 0.232 e. The predicted molar refractivity (Wildman–Crippen MR) is 83.1 cm³/mol. The van der Waals surface area contributed by atoms with Crippen LogP contribution in [0, 0.1) is 6.92 Å². The second kappa shape index (κ2) is 5.54. The summed E-state index contributed by atoms with van der Waals surface area (Å²) in [5.41, 5.74) is 8.90. The quantitative estimate of drug-likeness (QED) is 0.880. The number of aryl methyl sites for hydroxylation is 1. The maximum absolute atomic E-state index is 12.0. The molecule has 0 radical (unpaired) electrons. The second-order valence-corrected chi connectivity index (χ2v) is 6.76. The van der Waals surface area contributed by atoms with Gasteiger partial charge in [-0.15, -0.1) is 0 Å². The molecular weight excluding hydrogens is 272 g/mol. The number of anilines is 2. The molecule has 4 nitrogen and oxygen atoms in total. The van der Waals surface area contributed by atoms with Gasteiger partial charge in [0.05, 0.1) is 18.5 Å². The van der Waals surface area contributed by atoms with Gasteiger partial charge in [0.1, 0.15) is 0 Å². The van der Waals surface area contributed by atoms with E-state index in [0.717, 1.165) is 11.1 Å². The average Bonchev–Trinajstić information content (AvgIpc) is 2.34. The summed E-state index contributed by atoms with van der Waals surface area (Å²) in [6.07, 6.45) is 1.20. The van der Waals surface area contributed by atoms with Crippen LogP contribution in [0.4, 0.5) is 11.4 Å². The third kappa shape index (κ3) is 3.51. The van der Waals surface area contributed by atoms with Crippen LogP contribution in [0.15, 0.2) is 48.5 Å². The number of sulfonamides is 1. The second-order valence-electron chi connectivity index (χ2n) is 4.85. The molecule has 0 aliphatic carbocycles. The lowest BCUT2D eigenvalue weighted by Gasteiger charge is -2.23. The molecule has 0 saturated carbocycles. The first-order chi connectivity index (χ1) is 9.36. The number of nitrogens with zero attached hydrogens (tertiary/aromatic N) is 1. The number of hydrogen-bond donors (Lipinski definition) is 1. The lowest BCUT2D eigenvalue weighted by molar-refractivity contribution is 0.596. The van der Waals surface area contributed by atoms with Crippen LogP contribution >= 0.6 is 0 Å². The summed E-state index contributed by atoms with van der Waals surface area (Å²) in [7, 11) is -3.37. The van der Waals surface area contributed by atoms with Gasteiger partial charge in [-0.25, -0.2) is 8.42 Å². The molecule has 0 saturated heterocycles. The van der Waals surface area contributed by atoms with Crippen LogP contribution in [0.3, 0.4) is 0 Å². The van der Waals surface area contributed by atoms with Crippen LogP contribution < -0.4 is 10.0 Å². The van der Waals surface area contributed by atoms with Gasteiger partial charge in [-0.2, -0.15) is 0 Å². The van der Waals surface area contributed by atoms with E-state index in [4.69, 9.17) is 5.73 Å². The summed E-state index contributed by atoms with van der Waals surface area (Å²) >= 11 is 0. The largest absolute Gasteiger partial charge is 0.399 e. The summed E-state index contributed by atoms with van der Waals surface area (Å²) < 4.78 is 25.4. The van der Waals surface area contributed by atoms with Crippen LogP contribution in [0.25, 0.3) is 0 Å². The molecule has 2 rings (SSSR count). The molecule has 5 heteroatoms. The Morgan fingerprint density at radius 3 is 2.40 bits per heavy atom. The summed E-state index contributed by atoms with van der Waals surface area (Å²) in [6, 6.07) is 14.7. The topological polar surface area (TPSA) is 63.4 Å². The van der Waals surface area contributed by atoms with Crippen molar-refractivity contribution in [3.63, 3.8) is 0 Å². The highest BCUT2D eigenvalue weighted by molar-refractivity contribution is 7.92. The van der Waals surface area contributed by atoms with Crippen LogP contribution in [-0.2, 0) is 16.6 Å². The molecule has 0 fully saturated rings. The summed E-state index contributed by atoms with van der Waals surface area (Å²) in [5, 5.41) is 0. The molecule has 0 amide bonds. The Morgan fingerprint density at radius 1 is 1.10 bits per heavy atom. The molecule has 0 spiro atoms. The maximum Gasteiger partial charge on any atom is 0.232 e. The number of hydrogen-bond acceptors (Lipinski definition) is 3. The Labute approximate surface area is 119 Å². The third-order valence-corrected chi connectivity index (χ3v) is 4.11. The summed E-state index contributed by atoms with van der Waals surface area (Å²) in [6.45, 7) is 2.28. The molecule has 0 unspecified atom stereocenters. The molecule has 0 aliphatic rings. The molecule has 106 valence electrons. The molecule has 0 aromatic heterocycles. The Balaban J connectivity index is 2.40. The first-order valence-electron chi connectivity index (χ1n) is 6.25. The molecule has 0 bridgehead atoms. The van der Waals surface area contributed by atoms with Crippen molar-refractivity contribution < 1.29 is 8.42 Å². The Kier molecular flexibility index (Phi) is 3.99.